The lowest BCUT2D eigenvalue weighted by atomic mass is 10.1. The van der Waals surface area contributed by atoms with Crippen molar-refractivity contribution in [2.75, 3.05) is 31.2 Å². The molecule has 1 aliphatic rings. The van der Waals surface area contributed by atoms with Gasteiger partial charge in [-0.05, 0) is 0 Å². The van der Waals surface area contributed by atoms with E-state index in [9.17, 15) is 14.3 Å². The number of nitrogens with zero attached hydrogens (tertiary/aromatic N) is 4. The number of nitrogens with one attached hydrogen (secondary N) is 2. The zero-order valence-electron chi connectivity index (χ0n) is 17.6. The number of alkyl carbamates (subject to hydrolysis) is 1. The molecule has 2 heterocycles. The van der Waals surface area contributed by atoms with E-state index < -0.39 is 24.0 Å². The van der Waals surface area contributed by atoms with Crippen LogP contribution in [0.1, 0.15) is 12.0 Å². The van der Waals surface area contributed by atoms with Crippen LogP contribution in [0, 0.1) is 11.2 Å². The normalized spacial score (nSPS) is 13.7. The van der Waals surface area contributed by atoms with Crippen molar-refractivity contribution in [1.29, 1.82) is 5.41 Å². The maximum absolute atomic E-state index is 14.9. The molecule has 2 aromatic rings. The summed E-state index contributed by atoms with van der Waals surface area (Å²) in [5.74, 6) is -0.696. The van der Waals surface area contributed by atoms with Gasteiger partial charge in [0.25, 0.3) is 0 Å². The molecule has 3 rings (SSSR count). The van der Waals surface area contributed by atoms with E-state index in [1.165, 1.54) is 18.5 Å². The van der Waals surface area contributed by atoms with Crippen LogP contribution in [0.5, 0.6) is 0 Å². The van der Waals surface area contributed by atoms with Gasteiger partial charge < -0.3 is 30.4 Å². The number of aliphatic hydroxyl groups is 2. The Hall–Kier alpha value is -3.84. The topological polar surface area (TPSA) is 179 Å². The average Bonchev–Trinajstić information content (AvgIpc) is 2.76. The van der Waals surface area contributed by atoms with E-state index in [0.717, 1.165) is 5.71 Å². The smallest absolute Gasteiger partial charge is 0.414 e. The number of hydrogen-bond acceptors (Lipinski definition) is 10. The fourth-order valence-corrected chi connectivity index (χ4v) is 2.84. The quantitative estimate of drug-likeness (QED) is 0.152. The van der Waals surface area contributed by atoms with Crippen molar-refractivity contribution in [3.8, 4) is 11.1 Å². The van der Waals surface area contributed by atoms with Gasteiger partial charge >= 0.3 is 6.09 Å². The number of ether oxygens (including phenoxy) is 1. The summed E-state index contributed by atoms with van der Waals surface area (Å²) in [6.45, 7) is 0.500. The molecule has 1 amide bonds. The maximum Gasteiger partial charge on any atom is 0.414 e. The van der Waals surface area contributed by atoms with Gasteiger partial charge in [0.15, 0.2) is 5.96 Å². The number of aromatic nitrogens is 2. The molecule has 1 aliphatic heterocycles. The molecule has 0 spiro atoms. The third-order valence-electron chi connectivity index (χ3n) is 4.60. The van der Waals surface area contributed by atoms with Crippen LogP contribution < -0.4 is 16.0 Å². The lowest BCUT2D eigenvalue weighted by Gasteiger charge is -2.31. The molecule has 1 atom stereocenters. The van der Waals surface area contributed by atoms with Crippen LogP contribution in [-0.4, -0.2) is 70.4 Å². The van der Waals surface area contributed by atoms with Crippen LogP contribution >= 0.6 is 0 Å². The lowest BCUT2D eigenvalue weighted by Crippen LogP contribution is -2.48. The van der Waals surface area contributed by atoms with Crippen molar-refractivity contribution >= 4 is 23.7 Å². The molecule has 6 N–H and O–H groups in total. The Balaban J connectivity index is 1.55. The SMILES string of the molecule is N=C(N)NC(=O)OCc1cccc(-c2cnc(N3CC(=NOCCC(O)CO)C3)nc2)c1F. The first kappa shape index (κ1) is 23.8. The number of amides is 1. The van der Waals surface area contributed by atoms with Crippen LogP contribution in [0.15, 0.2) is 35.7 Å². The number of oxime groups is 1. The molecule has 12 nitrogen and oxygen atoms in total. The number of carbonyl (C=O) groups is 1. The summed E-state index contributed by atoms with van der Waals surface area (Å²) < 4.78 is 19.7. The number of anilines is 1. The Morgan fingerprint density at radius 3 is 2.76 bits per heavy atom. The first-order chi connectivity index (χ1) is 15.9. The van der Waals surface area contributed by atoms with Gasteiger partial charge in [0.05, 0.1) is 31.5 Å². The minimum Gasteiger partial charge on any atom is -0.444 e. The van der Waals surface area contributed by atoms with Crippen molar-refractivity contribution in [3.05, 3.63) is 42.0 Å². The van der Waals surface area contributed by atoms with E-state index in [1.54, 1.807) is 12.1 Å². The van der Waals surface area contributed by atoms with Gasteiger partial charge in [0.2, 0.25) is 5.95 Å². The molecule has 1 saturated heterocycles. The average molecular weight is 461 g/mol. The number of hydrogen-bond donors (Lipinski definition) is 5. The van der Waals surface area contributed by atoms with Crippen LogP contribution in [0.4, 0.5) is 15.1 Å². The molecule has 1 aromatic heterocycles. The monoisotopic (exact) mass is 461 g/mol. The molecule has 0 radical (unpaired) electrons. The second kappa shape index (κ2) is 11.2. The number of aliphatic hydroxyl groups excluding tert-OH is 2. The second-order valence-corrected chi connectivity index (χ2v) is 7.14. The number of benzene rings is 1. The summed E-state index contributed by atoms with van der Waals surface area (Å²) in [5, 5.41) is 30.9. The minimum atomic E-state index is -0.953. The molecule has 0 aliphatic carbocycles. The van der Waals surface area contributed by atoms with Crippen molar-refractivity contribution in [2.24, 2.45) is 10.9 Å². The highest BCUT2D eigenvalue weighted by atomic mass is 19.1. The molecule has 176 valence electrons. The Bertz CT molecular complexity index is 1010. The van der Waals surface area contributed by atoms with Crippen molar-refractivity contribution in [1.82, 2.24) is 15.3 Å². The van der Waals surface area contributed by atoms with Crippen LogP contribution in [0.25, 0.3) is 11.1 Å². The molecule has 0 bridgehead atoms. The Labute approximate surface area is 188 Å². The Morgan fingerprint density at radius 2 is 2.09 bits per heavy atom. The first-order valence-corrected chi connectivity index (χ1v) is 9.96. The van der Waals surface area contributed by atoms with Gasteiger partial charge in [0, 0.05) is 35.5 Å². The highest BCUT2D eigenvalue weighted by Gasteiger charge is 2.25. The fourth-order valence-electron chi connectivity index (χ4n) is 2.84. The Kier molecular flexibility index (Phi) is 8.05. The summed E-state index contributed by atoms with van der Waals surface area (Å²) in [6.07, 6.45) is 1.51. The number of halogens is 1. The van der Waals surface area contributed by atoms with Crippen molar-refractivity contribution in [3.63, 3.8) is 0 Å². The van der Waals surface area contributed by atoms with Crippen LogP contribution in [-0.2, 0) is 16.2 Å². The molecule has 33 heavy (non-hydrogen) atoms. The highest BCUT2D eigenvalue weighted by Crippen LogP contribution is 2.26. The van der Waals surface area contributed by atoms with E-state index in [1.807, 2.05) is 10.2 Å². The van der Waals surface area contributed by atoms with Gasteiger partial charge in [-0.15, -0.1) is 0 Å². The van der Waals surface area contributed by atoms with Gasteiger partial charge in [-0.25, -0.2) is 19.2 Å². The predicted octanol–water partition coefficient (Wildman–Crippen LogP) is 0.338. The molecule has 0 saturated carbocycles. The van der Waals surface area contributed by atoms with Crippen LogP contribution in [0.3, 0.4) is 0 Å². The summed E-state index contributed by atoms with van der Waals surface area (Å²) in [6, 6.07) is 4.65. The zero-order chi connectivity index (χ0) is 23.8. The largest absolute Gasteiger partial charge is 0.444 e. The maximum atomic E-state index is 14.9. The van der Waals surface area contributed by atoms with E-state index >= 15 is 0 Å². The highest BCUT2D eigenvalue weighted by molar-refractivity contribution is 5.98. The lowest BCUT2D eigenvalue weighted by molar-refractivity contribution is 0.0501. The number of nitrogens with two attached hydrogens (primary N) is 1. The molecule has 1 aromatic carbocycles. The molecular formula is C20H24FN7O5. The van der Waals surface area contributed by atoms with E-state index in [-0.39, 0.29) is 37.4 Å². The van der Waals surface area contributed by atoms with Crippen molar-refractivity contribution in [2.45, 2.75) is 19.1 Å². The minimum absolute atomic E-state index is 0.144. The summed E-state index contributed by atoms with van der Waals surface area (Å²) >= 11 is 0. The van der Waals surface area contributed by atoms with Gasteiger partial charge in [-0.3, -0.25) is 10.7 Å². The Morgan fingerprint density at radius 1 is 1.36 bits per heavy atom. The van der Waals surface area contributed by atoms with Gasteiger partial charge in [-0.2, -0.15) is 0 Å². The predicted molar refractivity (Wildman–Crippen MR) is 116 cm³/mol. The fraction of sp³-hybridized carbons (Fsp3) is 0.350. The van der Waals surface area contributed by atoms with Crippen molar-refractivity contribution < 1.29 is 29.0 Å². The number of carbonyl (C=O) groups excluding carboxylic acids is 1. The number of guanidine groups is 1. The first-order valence-electron chi connectivity index (χ1n) is 9.96. The molecule has 1 unspecified atom stereocenters. The van der Waals surface area contributed by atoms with E-state index in [0.29, 0.717) is 24.6 Å². The number of rotatable bonds is 9. The molecular weight excluding hydrogens is 437 g/mol. The second-order valence-electron chi connectivity index (χ2n) is 7.14. The molecule has 13 heteroatoms. The third-order valence-corrected chi connectivity index (χ3v) is 4.60. The summed E-state index contributed by atoms with van der Waals surface area (Å²) in [5.41, 5.74) is 6.67. The third kappa shape index (κ3) is 6.57. The van der Waals surface area contributed by atoms with Gasteiger partial charge in [-0.1, -0.05) is 23.4 Å². The standard InChI is InChI=1S/C20H24FN7O5/c21-17-12(11-32-20(31)26-18(22)23)2-1-3-16(17)13-6-24-19(25-7-13)28-8-14(9-28)27-33-5-4-15(30)10-29/h1-3,6-7,15,29-30H,4-5,8-11H2,(H4,22,23,26,31). The van der Waals surface area contributed by atoms with Gasteiger partial charge in [0.1, 0.15) is 19.0 Å². The van der Waals surface area contributed by atoms with Crippen LogP contribution in [0.2, 0.25) is 0 Å². The summed E-state index contributed by atoms with van der Waals surface area (Å²) in [7, 11) is 0. The van der Waals surface area contributed by atoms with E-state index in [4.69, 9.17) is 25.8 Å². The summed E-state index contributed by atoms with van der Waals surface area (Å²) in [4.78, 5) is 26.9. The van der Waals surface area contributed by atoms with E-state index in [2.05, 4.69) is 15.1 Å². The zero-order valence-corrected chi connectivity index (χ0v) is 17.6. The molecule has 1 fully saturated rings.